The molecule has 0 aliphatic carbocycles. The van der Waals surface area contributed by atoms with Crippen molar-refractivity contribution in [2.75, 3.05) is 0 Å². The number of nitrogens with zero attached hydrogens (tertiary/aromatic N) is 2. The molecule has 0 unspecified atom stereocenters. The molecule has 5 nitrogen and oxygen atoms in total. The number of halogens is 1. The van der Waals surface area contributed by atoms with Gasteiger partial charge in [-0.25, -0.2) is 13.9 Å². The van der Waals surface area contributed by atoms with E-state index in [1.54, 1.807) is 35.2 Å². The first-order valence-corrected chi connectivity index (χ1v) is 6.56. The normalized spacial score (nSPS) is 11.7. The number of rotatable bonds is 5. The molecule has 1 aromatic carbocycles. The van der Waals surface area contributed by atoms with Gasteiger partial charge in [-0.3, -0.25) is 0 Å². The minimum atomic E-state index is -0.291. The highest BCUT2D eigenvalue weighted by molar-refractivity contribution is 5.74. The molecule has 0 saturated heterocycles. The molecule has 0 aliphatic heterocycles. The molecule has 0 bridgehead atoms. The predicted octanol–water partition coefficient (Wildman–Crippen LogP) is 2.39. The average molecular weight is 288 g/mol. The molecule has 0 aliphatic rings. The monoisotopic (exact) mass is 288 g/mol. The smallest absolute Gasteiger partial charge is 0.315 e. The van der Waals surface area contributed by atoms with Crippen LogP contribution in [-0.2, 0) is 6.54 Å². The van der Waals surface area contributed by atoms with Gasteiger partial charge >= 0.3 is 6.03 Å². The molecule has 1 atom stereocenters. The zero-order valence-electron chi connectivity index (χ0n) is 11.7. The van der Waals surface area contributed by atoms with Gasteiger partial charge < -0.3 is 10.6 Å². The van der Waals surface area contributed by atoms with Crippen molar-refractivity contribution in [3.63, 3.8) is 0 Å². The van der Waals surface area contributed by atoms with E-state index < -0.39 is 0 Å². The summed E-state index contributed by atoms with van der Waals surface area (Å²) in [5.74, 6) is -0.291. The zero-order chi connectivity index (χ0) is 15.2. The fraction of sp³-hybridized carbons (Fsp3) is 0.200. The maximum absolute atomic E-state index is 12.9. The topological polar surface area (TPSA) is 59.0 Å². The molecule has 1 aromatic heterocycles. The van der Waals surface area contributed by atoms with E-state index in [0.717, 1.165) is 5.69 Å². The third-order valence-electron chi connectivity index (χ3n) is 2.88. The summed E-state index contributed by atoms with van der Waals surface area (Å²) in [4.78, 5) is 11.6. The standard InChI is InChI=1S/C15H17FN4O/c1-3-11(2)18-15(21)17-10-13-8-9-20(19-13)14-6-4-12(16)5-7-14/h3-9,11H,1,10H2,2H3,(H2,17,18,21)/t11-/m1/s1. The molecule has 0 spiro atoms. The van der Waals surface area contributed by atoms with Crippen molar-refractivity contribution in [1.82, 2.24) is 20.4 Å². The Bertz CT molecular complexity index is 621. The Kier molecular flexibility index (Phi) is 4.71. The van der Waals surface area contributed by atoms with Crippen molar-refractivity contribution >= 4 is 6.03 Å². The van der Waals surface area contributed by atoms with E-state index >= 15 is 0 Å². The maximum atomic E-state index is 12.9. The fourth-order valence-corrected chi connectivity index (χ4v) is 1.68. The van der Waals surface area contributed by atoms with E-state index in [9.17, 15) is 9.18 Å². The van der Waals surface area contributed by atoms with Crippen molar-refractivity contribution in [3.8, 4) is 5.69 Å². The quantitative estimate of drug-likeness (QED) is 0.830. The summed E-state index contributed by atoms with van der Waals surface area (Å²) < 4.78 is 14.5. The van der Waals surface area contributed by atoms with E-state index in [2.05, 4.69) is 22.3 Å². The molecular weight excluding hydrogens is 271 g/mol. The van der Waals surface area contributed by atoms with Crippen LogP contribution >= 0.6 is 0 Å². The first-order valence-electron chi connectivity index (χ1n) is 6.56. The molecule has 2 aromatic rings. The summed E-state index contributed by atoms with van der Waals surface area (Å²) >= 11 is 0. The van der Waals surface area contributed by atoms with Gasteiger partial charge in [0.25, 0.3) is 0 Å². The Labute approximate surface area is 122 Å². The number of benzene rings is 1. The molecule has 6 heteroatoms. The van der Waals surface area contributed by atoms with Crippen molar-refractivity contribution < 1.29 is 9.18 Å². The second-order valence-corrected chi connectivity index (χ2v) is 4.58. The molecule has 2 amide bonds. The largest absolute Gasteiger partial charge is 0.332 e. The van der Waals surface area contributed by atoms with Crippen LogP contribution in [0.1, 0.15) is 12.6 Å². The lowest BCUT2D eigenvalue weighted by molar-refractivity contribution is 0.239. The lowest BCUT2D eigenvalue weighted by Gasteiger charge is -2.09. The molecule has 2 rings (SSSR count). The number of aromatic nitrogens is 2. The molecular formula is C15H17FN4O. The van der Waals surface area contributed by atoms with Crippen LogP contribution in [0.15, 0.2) is 49.2 Å². The SMILES string of the molecule is C=C[C@@H](C)NC(=O)NCc1ccn(-c2ccc(F)cc2)n1. The van der Waals surface area contributed by atoms with Crippen LogP contribution in [0.3, 0.4) is 0 Å². The minimum Gasteiger partial charge on any atom is -0.332 e. The maximum Gasteiger partial charge on any atom is 0.315 e. The number of urea groups is 1. The highest BCUT2D eigenvalue weighted by Crippen LogP contribution is 2.08. The first-order chi connectivity index (χ1) is 10.1. The molecule has 1 heterocycles. The van der Waals surface area contributed by atoms with Crippen LogP contribution in [0.5, 0.6) is 0 Å². The van der Waals surface area contributed by atoms with E-state index in [1.165, 1.54) is 12.1 Å². The number of carbonyl (C=O) groups excluding carboxylic acids is 1. The van der Waals surface area contributed by atoms with Gasteiger partial charge in [-0.1, -0.05) is 6.08 Å². The van der Waals surface area contributed by atoms with E-state index in [0.29, 0.717) is 12.2 Å². The van der Waals surface area contributed by atoms with Crippen LogP contribution in [0.2, 0.25) is 0 Å². The van der Waals surface area contributed by atoms with Crippen molar-refractivity contribution in [2.24, 2.45) is 0 Å². The third kappa shape index (κ3) is 4.17. The Morgan fingerprint density at radius 1 is 1.43 bits per heavy atom. The predicted molar refractivity (Wildman–Crippen MR) is 78.6 cm³/mol. The molecule has 110 valence electrons. The van der Waals surface area contributed by atoms with Crippen molar-refractivity contribution in [2.45, 2.75) is 19.5 Å². The third-order valence-corrected chi connectivity index (χ3v) is 2.88. The van der Waals surface area contributed by atoms with E-state index in [-0.39, 0.29) is 17.9 Å². The summed E-state index contributed by atoms with van der Waals surface area (Å²) in [5.41, 5.74) is 1.47. The highest BCUT2D eigenvalue weighted by Gasteiger charge is 2.05. The van der Waals surface area contributed by atoms with Gasteiger partial charge in [0.15, 0.2) is 0 Å². The zero-order valence-corrected chi connectivity index (χ0v) is 11.7. The van der Waals surface area contributed by atoms with Gasteiger partial charge in [-0.15, -0.1) is 6.58 Å². The van der Waals surface area contributed by atoms with Gasteiger partial charge in [0.1, 0.15) is 5.82 Å². The van der Waals surface area contributed by atoms with Gasteiger partial charge in [-0.2, -0.15) is 5.10 Å². The lowest BCUT2D eigenvalue weighted by Crippen LogP contribution is -2.39. The fourth-order valence-electron chi connectivity index (χ4n) is 1.68. The average Bonchev–Trinajstić information content (AvgIpc) is 2.94. The van der Waals surface area contributed by atoms with E-state index in [1.807, 2.05) is 6.92 Å². The van der Waals surface area contributed by atoms with Crippen LogP contribution in [0, 0.1) is 5.82 Å². The summed E-state index contributed by atoms with van der Waals surface area (Å²) in [6, 6.07) is 7.44. The summed E-state index contributed by atoms with van der Waals surface area (Å²) in [5, 5.41) is 9.72. The number of hydrogen-bond acceptors (Lipinski definition) is 2. The molecule has 21 heavy (non-hydrogen) atoms. The summed E-state index contributed by atoms with van der Waals surface area (Å²) in [6.07, 6.45) is 3.40. The van der Waals surface area contributed by atoms with Crippen LogP contribution in [0.4, 0.5) is 9.18 Å². The summed E-state index contributed by atoms with van der Waals surface area (Å²) in [6.45, 7) is 5.73. The van der Waals surface area contributed by atoms with Crippen LogP contribution in [0.25, 0.3) is 5.69 Å². The lowest BCUT2D eigenvalue weighted by atomic mass is 10.3. The minimum absolute atomic E-state index is 0.0956. The highest BCUT2D eigenvalue weighted by atomic mass is 19.1. The Morgan fingerprint density at radius 3 is 2.81 bits per heavy atom. The second-order valence-electron chi connectivity index (χ2n) is 4.58. The van der Waals surface area contributed by atoms with E-state index in [4.69, 9.17) is 0 Å². The Hall–Kier alpha value is -2.63. The number of nitrogens with one attached hydrogen (secondary N) is 2. The Morgan fingerprint density at radius 2 is 2.14 bits per heavy atom. The van der Waals surface area contributed by atoms with Gasteiger partial charge in [-0.05, 0) is 37.3 Å². The molecule has 0 radical (unpaired) electrons. The van der Waals surface area contributed by atoms with Crippen LogP contribution in [-0.4, -0.2) is 21.9 Å². The van der Waals surface area contributed by atoms with Crippen LogP contribution < -0.4 is 10.6 Å². The number of amides is 2. The second kappa shape index (κ2) is 6.69. The molecule has 2 N–H and O–H groups in total. The van der Waals surface area contributed by atoms with Crippen molar-refractivity contribution in [3.05, 3.63) is 60.7 Å². The Balaban J connectivity index is 1.93. The molecule has 0 fully saturated rings. The summed E-state index contributed by atoms with van der Waals surface area (Å²) in [7, 11) is 0. The number of hydrogen-bond donors (Lipinski definition) is 2. The van der Waals surface area contributed by atoms with Crippen molar-refractivity contribution in [1.29, 1.82) is 0 Å². The molecule has 0 saturated carbocycles. The number of carbonyl (C=O) groups is 1. The van der Waals surface area contributed by atoms with Gasteiger partial charge in [0, 0.05) is 12.2 Å². The van der Waals surface area contributed by atoms with Gasteiger partial charge in [0.05, 0.1) is 17.9 Å². The first kappa shape index (κ1) is 14.8. The van der Waals surface area contributed by atoms with Gasteiger partial charge in [0.2, 0.25) is 0 Å².